The summed E-state index contributed by atoms with van der Waals surface area (Å²) in [6.45, 7) is 4.92. The van der Waals surface area contributed by atoms with Crippen LogP contribution in [0.3, 0.4) is 0 Å². The molecule has 0 spiro atoms. The van der Waals surface area contributed by atoms with Crippen molar-refractivity contribution < 1.29 is 13.9 Å². The predicted molar refractivity (Wildman–Crippen MR) is 143 cm³/mol. The molecule has 2 aliphatic rings. The Morgan fingerprint density at radius 2 is 1.91 bits per heavy atom. The lowest BCUT2D eigenvalue weighted by Crippen LogP contribution is -2.46. The Kier molecular flexibility index (Phi) is 11.5. The van der Waals surface area contributed by atoms with Gasteiger partial charge >= 0.3 is 0 Å². The normalized spacial score (nSPS) is 18.9. The number of fused-ring (bicyclic) bond motifs is 1. The maximum Gasteiger partial charge on any atom is 0.191 e. The number of furan rings is 1. The van der Waals surface area contributed by atoms with Gasteiger partial charge in [-0.05, 0) is 67.7 Å². The third kappa shape index (κ3) is 8.94. The molecule has 0 saturated carbocycles. The van der Waals surface area contributed by atoms with Crippen molar-refractivity contribution in [2.75, 3.05) is 39.5 Å². The highest BCUT2D eigenvalue weighted by Crippen LogP contribution is 2.21. The molecule has 1 unspecified atom stereocenters. The van der Waals surface area contributed by atoms with Crippen molar-refractivity contribution in [3.05, 3.63) is 59.5 Å². The first-order valence-electron chi connectivity index (χ1n) is 12.2. The molecule has 7 heteroatoms. The molecule has 2 N–H and O–H groups in total. The minimum atomic E-state index is 0. The van der Waals surface area contributed by atoms with Gasteiger partial charge in [0.2, 0.25) is 0 Å². The Labute approximate surface area is 214 Å². The lowest BCUT2D eigenvalue weighted by atomic mass is 9.88. The number of aryl methyl sites for hydroxylation is 1. The van der Waals surface area contributed by atoms with Gasteiger partial charge in [0.15, 0.2) is 5.96 Å². The molecule has 33 heavy (non-hydrogen) atoms. The number of benzene rings is 1. The maximum atomic E-state index is 5.90. The highest BCUT2D eigenvalue weighted by molar-refractivity contribution is 14.0. The molecule has 0 bridgehead atoms. The van der Waals surface area contributed by atoms with Crippen LogP contribution in [0, 0.1) is 5.92 Å². The monoisotopic (exact) mass is 567 g/mol. The van der Waals surface area contributed by atoms with Gasteiger partial charge in [0.25, 0.3) is 0 Å². The molecule has 6 nitrogen and oxygen atoms in total. The highest BCUT2D eigenvalue weighted by Gasteiger charge is 2.19. The van der Waals surface area contributed by atoms with Crippen molar-refractivity contribution in [1.29, 1.82) is 0 Å². The van der Waals surface area contributed by atoms with Crippen LogP contribution in [-0.2, 0) is 28.7 Å². The zero-order valence-corrected chi connectivity index (χ0v) is 21.8. The Balaban J connectivity index is 0.00000306. The number of aliphatic imine (C=N–C) groups is 1. The van der Waals surface area contributed by atoms with Crippen LogP contribution in [0.25, 0.3) is 0 Å². The van der Waals surface area contributed by atoms with Crippen LogP contribution in [0.2, 0.25) is 0 Å². The minimum absolute atomic E-state index is 0. The molecule has 1 aromatic carbocycles. The van der Waals surface area contributed by atoms with Crippen LogP contribution >= 0.6 is 24.0 Å². The second kappa shape index (κ2) is 14.6. The summed E-state index contributed by atoms with van der Waals surface area (Å²) in [6.07, 6.45) is 9.03. The Hall–Kier alpha value is -1.58. The fourth-order valence-corrected chi connectivity index (χ4v) is 4.45. The summed E-state index contributed by atoms with van der Waals surface area (Å²) in [7, 11) is 0. The molecule has 0 amide bonds. The lowest BCUT2D eigenvalue weighted by molar-refractivity contribution is 0.0205. The molecule has 2 heterocycles. The number of nitrogens with zero attached hydrogens (tertiary/aromatic N) is 1. The molecule has 1 atom stereocenters. The first-order chi connectivity index (χ1) is 15.9. The summed E-state index contributed by atoms with van der Waals surface area (Å²) in [5.41, 5.74) is 2.93. The maximum absolute atomic E-state index is 5.90. The molecular formula is C26H38IN3O3. The molecule has 182 valence electrons. The van der Waals surface area contributed by atoms with Gasteiger partial charge in [0.1, 0.15) is 5.76 Å². The van der Waals surface area contributed by atoms with Crippen molar-refractivity contribution in [3.63, 3.8) is 0 Å². The third-order valence-electron chi connectivity index (χ3n) is 6.34. The average molecular weight is 568 g/mol. The van der Waals surface area contributed by atoms with E-state index >= 15 is 0 Å². The van der Waals surface area contributed by atoms with E-state index in [1.807, 2.05) is 12.1 Å². The predicted octanol–water partition coefficient (Wildman–Crippen LogP) is 4.37. The molecule has 1 fully saturated rings. The van der Waals surface area contributed by atoms with E-state index in [1.165, 1.54) is 11.1 Å². The zero-order chi connectivity index (χ0) is 21.8. The van der Waals surface area contributed by atoms with Crippen molar-refractivity contribution in [1.82, 2.24) is 10.6 Å². The van der Waals surface area contributed by atoms with Gasteiger partial charge in [-0.1, -0.05) is 24.3 Å². The van der Waals surface area contributed by atoms with E-state index in [0.717, 1.165) is 96.2 Å². The molecule has 0 radical (unpaired) electrons. The SMILES string of the molecule is I.c1coc(CCNC(=NCCCOCC2CCOCC2)NC2CCc3ccccc3C2)c1. The van der Waals surface area contributed by atoms with Crippen molar-refractivity contribution in [2.24, 2.45) is 10.9 Å². The number of halogens is 1. The Morgan fingerprint density at radius 3 is 2.73 bits per heavy atom. The van der Waals surface area contributed by atoms with Gasteiger partial charge in [0, 0.05) is 52.0 Å². The summed E-state index contributed by atoms with van der Waals surface area (Å²) in [4.78, 5) is 4.84. The summed E-state index contributed by atoms with van der Waals surface area (Å²) in [5, 5.41) is 7.17. The molecule has 1 aromatic heterocycles. The van der Waals surface area contributed by atoms with Gasteiger partial charge < -0.3 is 24.5 Å². The van der Waals surface area contributed by atoms with Crippen LogP contribution in [-0.4, -0.2) is 51.5 Å². The van der Waals surface area contributed by atoms with Gasteiger partial charge in [-0.2, -0.15) is 0 Å². The molecule has 1 aliphatic heterocycles. The fraction of sp³-hybridized carbons (Fsp3) is 0.577. The summed E-state index contributed by atoms with van der Waals surface area (Å²) < 4.78 is 16.8. The highest BCUT2D eigenvalue weighted by atomic mass is 127. The van der Waals surface area contributed by atoms with E-state index in [1.54, 1.807) is 6.26 Å². The number of nitrogens with one attached hydrogen (secondary N) is 2. The van der Waals surface area contributed by atoms with E-state index in [0.29, 0.717) is 12.0 Å². The van der Waals surface area contributed by atoms with Crippen molar-refractivity contribution in [3.8, 4) is 0 Å². The van der Waals surface area contributed by atoms with Crippen LogP contribution < -0.4 is 10.6 Å². The first kappa shape index (κ1) is 26.0. The summed E-state index contributed by atoms with van der Waals surface area (Å²) in [6, 6.07) is 13.1. The van der Waals surface area contributed by atoms with Crippen molar-refractivity contribution in [2.45, 2.75) is 51.0 Å². The molecule has 2 aromatic rings. The standard InChI is InChI=1S/C26H37N3O3.HI/c1-2-6-23-19-24(9-8-22(23)5-1)29-26(28-14-10-25-7-3-16-32-25)27-13-4-15-31-20-21-11-17-30-18-12-21;/h1-3,5-7,16,21,24H,4,8-15,17-20H2,(H2,27,28,29);1H. The van der Waals surface area contributed by atoms with E-state index in [9.17, 15) is 0 Å². The number of guanidine groups is 1. The second-order valence-corrected chi connectivity index (χ2v) is 8.82. The summed E-state index contributed by atoms with van der Waals surface area (Å²) in [5.74, 6) is 2.54. The lowest BCUT2D eigenvalue weighted by Gasteiger charge is -2.27. The average Bonchev–Trinajstić information content (AvgIpc) is 3.35. The van der Waals surface area contributed by atoms with Gasteiger partial charge in [-0.3, -0.25) is 4.99 Å². The van der Waals surface area contributed by atoms with Crippen LogP contribution in [0.5, 0.6) is 0 Å². The van der Waals surface area contributed by atoms with Crippen LogP contribution in [0.15, 0.2) is 52.1 Å². The second-order valence-electron chi connectivity index (χ2n) is 8.82. The van der Waals surface area contributed by atoms with E-state index in [-0.39, 0.29) is 24.0 Å². The van der Waals surface area contributed by atoms with Crippen LogP contribution in [0.1, 0.15) is 42.6 Å². The van der Waals surface area contributed by atoms with Crippen LogP contribution in [0.4, 0.5) is 0 Å². The van der Waals surface area contributed by atoms with E-state index in [4.69, 9.17) is 18.9 Å². The van der Waals surface area contributed by atoms with Gasteiger partial charge in [0.05, 0.1) is 6.26 Å². The quantitative estimate of drug-likeness (QED) is 0.193. The Morgan fingerprint density at radius 1 is 1.06 bits per heavy atom. The van der Waals surface area contributed by atoms with E-state index < -0.39 is 0 Å². The van der Waals surface area contributed by atoms with E-state index in [2.05, 4.69) is 34.9 Å². The van der Waals surface area contributed by atoms with Gasteiger partial charge in [-0.25, -0.2) is 0 Å². The fourth-order valence-electron chi connectivity index (χ4n) is 4.45. The summed E-state index contributed by atoms with van der Waals surface area (Å²) >= 11 is 0. The topological polar surface area (TPSA) is 68.0 Å². The minimum Gasteiger partial charge on any atom is -0.469 e. The first-order valence-corrected chi connectivity index (χ1v) is 12.2. The zero-order valence-electron chi connectivity index (χ0n) is 19.5. The molecular weight excluding hydrogens is 529 g/mol. The van der Waals surface area contributed by atoms with Crippen molar-refractivity contribution >= 4 is 29.9 Å². The Bertz CT molecular complexity index is 822. The molecule has 1 aliphatic carbocycles. The molecule has 1 saturated heterocycles. The third-order valence-corrected chi connectivity index (χ3v) is 6.34. The molecule has 4 rings (SSSR count). The number of hydrogen-bond donors (Lipinski definition) is 2. The number of ether oxygens (including phenoxy) is 2. The largest absolute Gasteiger partial charge is 0.469 e. The van der Waals surface area contributed by atoms with Gasteiger partial charge in [-0.15, -0.1) is 24.0 Å². The number of hydrogen-bond acceptors (Lipinski definition) is 4. The number of rotatable bonds is 10. The smallest absolute Gasteiger partial charge is 0.191 e.